The molecular formula is C9H11BrIN3O5. The molecule has 1 aliphatic rings. The van der Waals surface area contributed by atoms with Crippen molar-refractivity contribution in [3.05, 3.63) is 20.3 Å². The van der Waals surface area contributed by atoms with Crippen LogP contribution in [0.2, 0.25) is 0 Å². The van der Waals surface area contributed by atoms with E-state index in [2.05, 4.69) is 20.9 Å². The highest BCUT2D eigenvalue weighted by Crippen LogP contribution is 2.42. The number of nitrogen functional groups attached to an aromatic ring is 1. The van der Waals surface area contributed by atoms with E-state index in [0.29, 0.717) is 3.57 Å². The molecule has 0 spiro atoms. The van der Waals surface area contributed by atoms with Crippen LogP contribution in [0, 0.1) is 3.57 Å². The maximum atomic E-state index is 11.8. The molecule has 106 valence electrons. The number of anilines is 1. The zero-order chi connectivity index (χ0) is 14.4. The smallest absolute Gasteiger partial charge is 0.351 e. The topological polar surface area (TPSA) is 131 Å². The summed E-state index contributed by atoms with van der Waals surface area (Å²) in [7, 11) is 0. The first-order valence-corrected chi connectivity index (χ1v) is 7.06. The monoisotopic (exact) mass is 447 g/mol. The minimum atomic E-state index is -1.91. The average molecular weight is 448 g/mol. The molecule has 1 aliphatic heterocycles. The Morgan fingerprint density at radius 1 is 1.68 bits per heavy atom. The van der Waals surface area contributed by atoms with Crippen molar-refractivity contribution in [2.75, 3.05) is 12.3 Å². The third-order valence-electron chi connectivity index (χ3n) is 2.78. The Bertz CT molecular complexity index is 551. The van der Waals surface area contributed by atoms with Crippen LogP contribution in [0.15, 0.2) is 11.0 Å². The van der Waals surface area contributed by atoms with Crippen molar-refractivity contribution in [2.24, 2.45) is 0 Å². The average Bonchev–Trinajstić information content (AvgIpc) is 2.56. The lowest BCUT2D eigenvalue weighted by Crippen LogP contribution is -2.44. The van der Waals surface area contributed by atoms with Crippen molar-refractivity contribution < 1.29 is 20.1 Å². The highest BCUT2D eigenvalue weighted by atomic mass is 127. The van der Waals surface area contributed by atoms with E-state index in [0.717, 1.165) is 4.57 Å². The first-order valence-electron chi connectivity index (χ1n) is 5.19. The number of aliphatic hydroxyl groups is 3. The predicted molar refractivity (Wildman–Crippen MR) is 76.5 cm³/mol. The fourth-order valence-electron chi connectivity index (χ4n) is 1.77. The summed E-state index contributed by atoms with van der Waals surface area (Å²) in [6.07, 6.45) is -2.29. The van der Waals surface area contributed by atoms with Crippen molar-refractivity contribution in [3.63, 3.8) is 0 Å². The maximum absolute atomic E-state index is 11.8. The summed E-state index contributed by atoms with van der Waals surface area (Å²) in [5.41, 5.74) is 4.77. The first kappa shape index (κ1) is 15.1. The molecule has 0 aromatic carbocycles. The van der Waals surface area contributed by atoms with Gasteiger partial charge in [-0.15, -0.1) is 0 Å². The molecule has 10 heteroatoms. The zero-order valence-electron chi connectivity index (χ0n) is 9.40. The molecule has 0 radical (unpaired) electrons. The molecule has 0 amide bonds. The summed E-state index contributed by atoms with van der Waals surface area (Å²) >= 11 is 4.79. The fraction of sp³-hybridized carbons (Fsp3) is 0.556. The largest absolute Gasteiger partial charge is 0.394 e. The van der Waals surface area contributed by atoms with E-state index in [1.807, 2.05) is 22.6 Å². The summed E-state index contributed by atoms with van der Waals surface area (Å²) in [6, 6.07) is 0. The second-order valence-electron chi connectivity index (χ2n) is 4.05. The molecular weight excluding hydrogens is 437 g/mol. The number of nitrogens with zero attached hydrogens (tertiary/aromatic N) is 2. The number of aromatic nitrogens is 2. The lowest BCUT2D eigenvalue weighted by Gasteiger charge is -2.25. The number of ether oxygens (including phenoxy) is 1. The molecule has 5 N–H and O–H groups in total. The van der Waals surface area contributed by atoms with Gasteiger partial charge in [-0.3, -0.25) is 4.57 Å². The van der Waals surface area contributed by atoms with Crippen LogP contribution in [0.1, 0.15) is 6.23 Å². The lowest BCUT2D eigenvalue weighted by atomic mass is 10.1. The SMILES string of the molecule is Nc1nc(=O)n([C@@H]2O[C@H](CO)[C@@H](O)[C@@]2(O)Br)cc1I. The minimum absolute atomic E-state index is 0.0669. The molecule has 1 aromatic rings. The van der Waals surface area contributed by atoms with Gasteiger partial charge in [0.05, 0.1) is 10.2 Å². The van der Waals surface area contributed by atoms with Crippen molar-refractivity contribution in [1.29, 1.82) is 0 Å². The third kappa shape index (κ3) is 2.52. The molecule has 2 rings (SSSR count). The molecule has 1 fully saturated rings. The lowest BCUT2D eigenvalue weighted by molar-refractivity contribution is -0.0609. The Hall–Kier alpha value is -0.270. The second kappa shape index (κ2) is 5.26. The van der Waals surface area contributed by atoms with Crippen LogP contribution in [-0.2, 0) is 4.74 Å². The first-order chi connectivity index (χ1) is 8.78. The Balaban J connectivity index is 2.48. The van der Waals surface area contributed by atoms with Gasteiger partial charge in [-0.2, -0.15) is 4.98 Å². The van der Waals surface area contributed by atoms with E-state index >= 15 is 0 Å². The highest BCUT2D eigenvalue weighted by Gasteiger charge is 2.55. The van der Waals surface area contributed by atoms with Crippen molar-refractivity contribution >= 4 is 44.3 Å². The quantitative estimate of drug-likeness (QED) is 0.329. The number of hydrogen-bond acceptors (Lipinski definition) is 7. The van der Waals surface area contributed by atoms with Gasteiger partial charge in [0.1, 0.15) is 18.0 Å². The molecule has 4 atom stereocenters. The van der Waals surface area contributed by atoms with Crippen molar-refractivity contribution in [3.8, 4) is 0 Å². The number of rotatable bonds is 2. The van der Waals surface area contributed by atoms with Gasteiger partial charge in [0.2, 0.25) is 0 Å². The normalized spacial score (nSPS) is 34.7. The molecule has 19 heavy (non-hydrogen) atoms. The molecule has 2 heterocycles. The number of hydrogen-bond donors (Lipinski definition) is 4. The molecule has 0 bridgehead atoms. The van der Waals surface area contributed by atoms with E-state index in [4.69, 9.17) is 15.6 Å². The molecule has 0 aliphatic carbocycles. The predicted octanol–water partition coefficient (Wildman–Crippen LogP) is -1.24. The Kier molecular flexibility index (Phi) is 4.18. The van der Waals surface area contributed by atoms with Gasteiger partial charge < -0.3 is 25.8 Å². The second-order valence-corrected chi connectivity index (χ2v) is 6.48. The van der Waals surface area contributed by atoms with Gasteiger partial charge in [-0.05, 0) is 38.5 Å². The Morgan fingerprint density at radius 2 is 2.32 bits per heavy atom. The van der Waals surface area contributed by atoms with E-state index in [1.54, 1.807) is 0 Å². The summed E-state index contributed by atoms with van der Waals surface area (Å²) in [5, 5.41) is 29.1. The molecule has 0 saturated carbocycles. The van der Waals surface area contributed by atoms with Gasteiger partial charge >= 0.3 is 5.69 Å². The molecule has 1 aromatic heterocycles. The van der Waals surface area contributed by atoms with Crippen LogP contribution in [-0.4, -0.2) is 48.2 Å². The minimum Gasteiger partial charge on any atom is -0.394 e. The summed E-state index contributed by atoms with van der Waals surface area (Å²) in [5.74, 6) is 0.0669. The fourth-order valence-corrected chi connectivity index (χ4v) is 2.82. The van der Waals surface area contributed by atoms with Gasteiger partial charge in [0.15, 0.2) is 10.7 Å². The number of nitrogens with two attached hydrogens (primary N) is 1. The van der Waals surface area contributed by atoms with Gasteiger partial charge in [-0.1, -0.05) is 0 Å². The standard InChI is InChI=1S/C9H11BrIN3O5/c10-9(18)5(16)4(2-15)19-7(9)14-1-3(11)6(12)13-8(14)17/h1,4-5,7,15-16,18H,2H2,(H2,12,13,17)/t4-,5-,7-,9+/m1/s1. The zero-order valence-corrected chi connectivity index (χ0v) is 13.1. The van der Waals surface area contributed by atoms with Crippen LogP contribution < -0.4 is 11.4 Å². The summed E-state index contributed by atoms with van der Waals surface area (Å²) < 4.78 is 4.87. The Morgan fingerprint density at radius 3 is 2.84 bits per heavy atom. The van der Waals surface area contributed by atoms with E-state index in [1.165, 1.54) is 6.20 Å². The number of aliphatic hydroxyl groups excluding tert-OH is 2. The van der Waals surface area contributed by atoms with Gasteiger partial charge in [0.25, 0.3) is 0 Å². The van der Waals surface area contributed by atoms with Gasteiger partial charge in [0, 0.05) is 6.20 Å². The molecule has 1 saturated heterocycles. The Labute approximate surface area is 129 Å². The summed E-state index contributed by atoms with van der Waals surface area (Å²) in [6.45, 7) is -0.500. The van der Waals surface area contributed by atoms with Crippen LogP contribution in [0.25, 0.3) is 0 Å². The van der Waals surface area contributed by atoms with Crippen molar-refractivity contribution in [2.45, 2.75) is 22.9 Å². The van der Waals surface area contributed by atoms with Crippen LogP contribution >= 0.6 is 38.5 Å². The van der Waals surface area contributed by atoms with Crippen LogP contribution in [0.4, 0.5) is 5.82 Å². The number of halogens is 2. The third-order valence-corrected chi connectivity index (χ3v) is 4.48. The highest BCUT2D eigenvalue weighted by molar-refractivity contribution is 14.1. The van der Waals surface area contributed by atoms with Crippen LogP contribution in [0.3, 0.4) is 0 Å². The van der Waals surface area contributed by atoms with E-state index in [9.17, 15) is 15.0 Å². The maximum Gasteiger partial charge on any atom is 0.351 e. The van der Waals surface area contributed by atoms with E-state index < -0.39 is 35.2 Å². The molecule has 8 nitrogen and oxygen atoms in total. The summed E-state index contributed by atoms with van der Waals surface area (Å²) in [4.78, 5) is 15.4. The molecule has 0 unspecified atom stereocenters. The van der Waals surface area contributed by atoms with Crippen molar-refractivity contribution in [1.82, 2.24) is 9.55 Å². The van der Waals surface area contributed by atoms with Crippen LogP contribution in [0.5, 0.6) is 0 Å². The number of alkyl halides is 1. The van der Waals surface area contributed by atoms with E-state index in [-0.39, 0.29) is 5.82 Å². The van der Waals surface area contributed by atoms with Gasteiger partial charge in [-0.25, -0.2) is 4.79 Å².